The second-order valence-corrected chi connectivity index (χ2v) is 6.79. The number of hydrogen-bond acceptors (Lipinski definition) is 2. The standard InChI is InChI=1S/C13H11BrFNO2S/c1-16(12-7-5-11(15)6-8-12)19(17,18)13-4-2-3-10(14)9-13/h2-9H,1H3. The fraction of sp³-hybridized carbons (Fsp3) is 0.0769. The maximum atomic E-state index is 12.8. The Morgan fingerprint density at radius 2 is 1.74 bits per heavy atom. The van der Waals surface area contributed by atoms with Crippen LogP contribution in [0.2, 0.25) is 0 Å². The lowest BCUT2D eigenvalue weighted by atomic mass is 10.3. The quantitative estimate of drug-likeness (QED) is 0.856. The largest absolute Gasteiger partial charge is 0.269 e. The third kappa shape index (κ3) is 2.96. The van der Waals surface area contributed by atoms with Crippen LogP contribution in [0.4, 0.5) is 10.1 Å². The van der Waals surface area contributed by atoms with Gasteiger partial charge in [0.25, 0.3) is 10.0 Å². The van der Waals surface area contributed by atoms with Crippen LogP contribution >= 0.6 is 15.9 Å². The molecule has 0 radical (unpaired) electrons. The molecule has 0 amide bonds. The van der Waals surface area contributed by atoms with E-state index in [0.29, 0.717) is 10.2 Å². The van der Waals surface area contributed by atoms with Gasteiger partial charge in [0, 0.05) is 11.5 Å². The maximum Gasteiger partial charge on any atom is 0.264 e. The van der Waals surface area contributed by atoms with Gasteiger partial charge in [-0.15, -0.1) is 0 Å². The molecule has 0 unspecified atom stereocenters. The average Bonchev–Trinajstić information content (AvgIpc) is 2.39. The molecule has 0 aliphatic heterocycles. The highest BCUT2D eigenvalue weighted by Crippen LogP contribution is 2.24. The molecule has 0 aromatic heterocycles. The van der Waals surface area contributed by atoms with Crippen LogP contribution in [0.25, 0.3) is 0 Å². The van der Waals surface area contributed by atoms with E-state index in [0.717, 1.165) is 4.31 Å². The normalized spacial score (nSPS) is 11.3. The summed E-state index contributed by atoms with van der Waals surface area (Å²) in [6.07, 6.45) is 0. The first-order valence-electron chi connectivity index (χ1n) is 5.41. The van der Waals surface area contributed by atoms with Gasteiger partial charge in [-0.2, -0.15) is 0 Å². The molecule has 2 rings (SSSR count). The first-order chi connectivity index (χ1) is 8.91. The van der Waals surface area contributed by atoms with Crippen molar-refractivity contribution in [1.82, 2.24) is 0 Å². The van der Waals surface area contributed by atoms with Crippen molar-refractivity contribution < 1.29 is 12.8 Å². The summed E-state index contributed by atoms with van der Waals surface area (Å²) in [7, 11) is -2.21. The van der Waals surface area contributed by atoms with E-state index in [1.807, 2.05) is 0 Å². The summed E-state index contributed by atoms with van der Waals surface area (Å²) in [5.74, 6) is -0.406. The summed E-state index contributed by atoms with van der Waals surface area (Å²) < 4.78 is 39.4. The molecule has 0 saturated carbocycles. The Morgan fingerprint density at radius 1 is 1.11 bits per heavy atom. The van der Waals surface area contributed by atoms with Crippen LogP contribution < -0.4 is 4.31 Å². The number of rotatable bonds is 3. The fourth-order valence-corrected chi connectivity index (χ4v) is 3.37. The molecule has 0 aliphatic rings. The van der Waals surface area contributed by atoms with Crippen molar-refractivity contribution in [1.29, 1.82) is 0 Å². The number of halogens is 2. The van der Waals surface area contributed by atoms with Crippen molar-refractivity contribution in [3.05, 3.63) is 58.8 Å². The topological polar surface area (TPSA) is 37.4 Å². The van der Waals surface area contributed by atoms with E-state index in [4.69, 9.17) is 0 Å². The molecule has 100 valence electrons. The van der Waals surface area contributed by atoms with E-state index in [9.17, 15) is 12.8 Å². The molecule has 0 aliphatic carbocycles. The molecule has 3 nitrogen and oxygen atoms in total. The molecule has 0 spiro atoms. The van der Waals surface area contributed by atoms with E-state index in [-0.39, 0.29) is 4.90 Å². The molecule has 0 fully saturated rings. The van der Waals surface area contributed by atoms with Crippen molar-refractivity contribution in [2.24, 2.45) is 0 Å². The Labute approximate surface area is 119 Å². The van der Waals surface area contributed by atoms with Gasteiger partial charge in [-0.1, -0.05) is 22.0 Å². The zero-order valence-corrected chi connectivity index (χ0v) is 12.4. The van der Waals surface area contributed by atoms with Crippen LogP contribution in [0.5, 0.6) is 0 Å². The smallest absolute Gasteiger partial charge is 0.264 e. The van der Waals surface area contributed by atoms with Crippen LogP contribution in [-0.2, 0) is 10.0 Å². The second-order valence-electron chi connectivity index (χ2n) is 3.91. The minimum Gasteiger partial charge on any atom is -0.269 e. The van der Waals surface area contributed by atoms with Gasteiger partial charge in [0.15, 0.2) is 0 Å². The monoisotopic (exact) mass is 343 g/mol. The van der Waals surface area contributed by atoms with Gasteiger partial charge in [0.2, 0.25) is 0 Å². The first kappa shape index (κ1) is 14.0. The number of benzene rings is 2. The van der Waals surface area contributed by atoms with Gasteiger partial charge in [-0.3, -0.25) is 4.31 Å². The second kappa shape index (κ2) is 5.30. The van der Waals surface area contributed by atoms with E-state index in [1.54, 1.807) is 12.1 Å². The summed E-state index contributed by atoms with van der Waals surface area (Å²) in [4.78, 5) is 0.175. The van der Waals surface area contributed by atoms with Crippen molar-refractivity contribution >= 4 is 31.6 Å². The maximum absolute atomic E-state index is 12.8. The highest BCUT2D eigenvalue weighted by Gasteiger charge is 2.21. The third-order valence-corrected chi connectivity index (χ3v) is 4.92. The van der Waals surface area contributed by atoms with E-state index in [1.165, 1.54) is 43.4 Å². The molecular formula is C13H11BrFNO2S. The lowest BCUT2D eigenvalue weighted by Gasteiger charge is -2.19. The number of anilines is 1. The zero-order chi connectivity index (χ0) is 14.0. The lowest BCUT2D eigenvalue weighted by Crippen LogP contribution is -2.26. The summed E-state index contributed by atoms with van der Waals surface area (Å²) in [5.41, 5.74) is 0.404. The lowest BCUT2D eigenvalue weighted by molar-refractivity contribution is 0.594. The Hall–Kier alpha value is -1.40. The molecule has 19 heavy (non-hydrogen) atoms. The first-order valence-corrected chi connectivity index (χ1v) is 7.64. The molecule has 2 aromatic carbocycles. The van der Waals surface area contributed by atoms with E-state index >= 15 is 0 Å². The van der Waals surface area contributed by atoms with Crippen molar-refractivity contribution in [2.45, 2.75) is 4.90 Å². The van der Waals surface area contributed by atoms with Crippen LogP contribution in [-0.4, -0.2) is 15.5 Å². The zero-order valence-electron chi connectivity index (χ0n) is 10.0. The summed E-state index contributed by atoms with van der Waals surface area (Å²) in [5, 5.41) is 0. The third-order valence-electron chi connectivity index (χ3n) is 2.64. The Bertz CT molecular complexity index is 686. The Balaban J connectivity index is 2.42. The summed E-state index contributed by atoms with van der Waals surface area (Å²) >= 11 is 3.24. The van der Waals surface area contributed by atoms with E-state index in [2.05, 4.69) is 15.9 Å². The predicted molar refractivity (Wildman–Crippen MR) is 76.1 cm³/mol. The van der Waals surface area contributed by atoms with Crippen molar-refractivity contribution in [3.63, 3.8) is 0 Å². The highest BCUT2D eigenvalue weighted by molar-refractivity contribution is 9.10. The molecular weight excluding hydrogens is 333 g/mol. The molecule has 0 saturated heterocycles. The Morgan fingerprint density at radius 3 is 2.32 bits per heavy atom. The molecule has 0 bridgehead atoms. The summed E-state index contributed by atoms with van der Waals surface area (Å²) in [6, 6.07) is 11.7. The van der Waals surface area contributed by atoms with Gasteiger partial charge >= 0.3 is 0 Å². The SMILES string of the molecule is CN(c1ccc(F)cc1)S(=O)(=O)c1cccc(Br)c1. The van der Waals surface area contributed by atoms with Crippen LogP contribution in [0.3, 0.4) is 0 Å². The number of nitrogens with zero attached hydrogens (tertiary/aromatic N) is 1. The molecule has 0 heterocycles. The highest BCUT2D eigenvalue weighted by atomic mass is 79.9. The Kier molecular flexibility index (Phi) is 3.91. The summed E-state index contributed by atoms with van der Waals surface area (Å²) in [6.45, 7) is 0. The average molecular weight is 344 g/mol. The van der Waals surface area contributed by atoms with Gasteiger partial charge in [0.1, 0.15) is 5.82 Å². The van der Waals surface area contributed by atoms with Crippen LogP contribution in [0.15, 0.2) is 57.9 Å². The van der Waals surface area contributed by atoms with Crippen molar-refractivity contribution in [2.75, 3.05) is 11.4 Å². The van der Waals surface area contributed by atoms with Crippen LogP contribution in [0, 0.1) is 5.82 Å². The molecule has 0 N–H and O–H groups in total. The minimum absolute atomic E-state index is 0.175. The van der Waals surface area contributed by atoms with Crippen molar-refractivity contribution in [3.8, 4) is 0 Å². The molecule has 6 heteroatoms. The predicted octanol–water partition coefficient (Wildman–Crippen LogP) is 3.41. The van der Waals surface area contributed by atoms with Gasteiger partial charge in [-0.05, 0) is 42.5 Å². The number of hydrogen-bond donors (Lipinski definition) is 0. The van der Waals surface area contributed by atoms with Gasteiger partial charge in [0.05, 0.1) is 10.6 Å². The molecule has 2 aromatic rings. The van der Waals surface area contributed by atoms with Gasteiger partial charge in [-0.25, -0.2) is 12.8 Å². The molecule has 0 atom stereocenters. The minimum atomic E-state index is -3.65. The van der Waals surface area contributed by atoms with E-state index < -0.39 is 15.8 Å². The fourth-order valence-electron chi connectivity index (χ4n) is 1.58. The van der Waals surface area contributed by atoms with Gasteiger partial charge < -0.3 is 0 Å². The number of sulfonamides is 1. The van der Waals surface area contributed by atoms with Crippen LogP contribution in [0.1, 0.15) is 0 Å².